The first-order chi connectivity index (χ1) is 15.8. The average Bonchev–Trinajstić information content (AvgIpc) is 2.80. The molecule has 0 bridgehead atoms. The Bertz CT molecular complexity index is 1120. The Labute approximate surface area is 193 Å². The fraction of sp³-hybridized carbons (Fsp3) is 0.269. The topological polar surface area (TPSA) is 96.5 Å². The maximum absolute atomic E-state index is 12.3. The van der Waals surface area contributed by atoms with Crippen molar-refractivity contribution in [3.8, 4) is 0 Å². The molecule has 7 nitrogen and oxygen atoms in total. The van der Waals surface area contributed by atoms with Gasteiger partial charge in [-0.3, -0.25) is 4.79 Å². The summed E-state index contributed by atoms with van der Waals surface area (Å²) in [6.45, 7) is 5.62. The van der Waals surface area contributed by atoms with Crippen molar-refractivity contribution in [2.24, 2.45) is 0 Å². The first-order valence-corrected chi connectivity index (χ1v) is 10.9. The molecular weight excluding hydrogens is 418 g/mol. The second-order valence-electron chi connectivity index (χ2n) is 8.11. The van der Waals surface area contributed by atoms with Gasteiger partial charge in [-0.05, 0) is 54.8 Å². The monoisotopic (exact) mass is 447 g/mol. The molecule has 0 aliphatic rings. The van der Waals surface area contributed by atoms with Gasteiger partial charge in [0.1, 0.15) is 0 Å². The van der Waals surface area contributed by atoms with E-state index >= 15 is 0 Å². The highest BCUT2D eigenvalue weighted by Crippen LogP contribution is 2.23. The summed E-state index contributed by atoms with van der Waals surface area (Å²) in [5, 5.41) is 10.5. The first-order valence-electron chi connectivity index (χ1n) is 10.9. The molecule has 33 heavy (non-hydrogen) atoms. The van der Waals surface area contributed by atoms with Crippen LogP contribution in [-0.2, 0) is 16.1 Å². The number of rotatable bonds is 8. The molecule has 3 N–H and O–H groups in total. The lowest BCUT2D eigenvalue weighted by molar-refractivity contribution is -0.124. The van der Waals surface area contributed by atoms with Gasteiger partial charge >= 0.3 is 12.0 Å². The van der Waals surface area contributed by atoms with Crippen LogP contribution in [0.2, 0.25) is 0 Å². The van der Waals surface area contributed by atoms with Crippen LogP contribution < -0.4 is 16.0 Å². The molecule has 0 heterocycles. The minimum atomic E-state index is -0.583. The van der Waals surface area contributed by atoms with Crippen molar-refractivity contribution in [2.75, 3.05) is 6.61 Å². The number of carbonyl (C=O) groups excluding carboxylic acids is 3. The van der Waals surface area contributed by atoms with Gasteiger partial charge in [-0.15, -0.1) is 0 Å². The number of carbonyl (C=O) groups is 3. The van der Waals surface area contributed by atoms with Crippen LogP contribution >= 0.6 is 0 Å². The molecular formula is C26H29N3O4. The summed E-state index contributed by atoms with van der Waals surface area (Å²) in [5.74, 6) is -0.958. The van der Waals surface area contributed by atoms with Crippen molar-refractivity contribution < 1.29 is 19.1 Å². The van der Waals surface area contributed by atoms with Crippen LogP contribution in [-0.4, -0.2) is 30.6 Å². The number of nitrogens with one attached hydrogen (secondary N) is 3. The van der Waals surface area contributed by atoms with Gasteiger partial charge in [0.2, 0.25) is 0 Å². The van der Waals surface area contributed by atoms with E-state index in [1.165, 1.54) is 0 Å². The molecule has 7 heteroatoms. The molecule has 0 aliphatic carbocycles. The second-order valence-corrected chi connectivity index (χ2v) is 8.11. The SMILES string of the molecule is CC(C)NC(=O)NCc1ccc(C(=O)OCC(=O)NC(C)c2cccc3ccccc23)cc1. The minimum Gasteiger partial charge on any atom is -0.452 e. The average molecular weight is 448 g/mol. The van der Waals surface area contributed by atoms with E-state index < -0.39 is 5.97 Å². The van der Waals surface area contributed by atoms with Crippen molar-refractivity contribution in [1.82, 2.24) is 16.0 Å². The number of hydrogen-bond donors (Lipinski definition) is 3. The van der Waals surface area contributed by atoms with E-state index in [0.29, 0.717) is 12.1 Å². The molecule has 0 radical (unpaired) electrons. The molecule has 3 aromatic carbocycles. The highest BCUT2D eigenvalue weighted by molar-refractivity contribution is 5.91. The standard InChI is InChI=1S/C26H29N3O4/c1-17(2)28-26(32)27-15-19-11-13-21(14-12-19)25(31)33-16-24(30)29-18(3)22-10-6-8-20-7-4-5-9-23(20)22/h4-14,17-18H,15-16H2,1-3H3,(H,29,30)(H2,27,28,32). The third-order valence-electron chi connectivity index (χ3n) is 5.06. The van der Waals surface area contributed by atoms with Gasteiger partial charge < -0.3 is 20.7 Å². The summed E-state index contributed by atoms with van der Waals surface area (Å²) in [6, 6.07) is 20.2. The Morgan fingerprint density at radius 2 is 1.55 bits per heavy atom. The van der Waals surface area contributed by atoms with E-state index in [0.717, 1.165) is 21.9 Å². The molecule has 1 atom stereocenters. The van der Waals surface area contributed by atoms with Crippen LogP contribution in [0.4, 0.5) is 4.79 Å². The zero-order valence-corrected chi connectivity index (χ0v) is 19.1. The third kappa shape index (κ3) is 6.80. The molecule has 3 amide bonds. The molecule has 172 valence electrons. The number of fused-ring (bicyclic) bond motifs is 1. The summed E-state index contributed by atoms with van der Waals surface area (Å²) in [5.41, 5.74) is 2.17. The third-order valence-corrected chi connectivity index (χ3v) is 5.06. The van der Waals surface area contributed by atoms with Crippen LogP contribution in [0.15, 0.2) is 66.7 Å². The van der Waals surface area contributed by atoms with E-state index in [-0.39, 0.29) is 30.6 Å². The fourth-order valence-electron chi connectivity index (χ4n) is 3.46. The maximum atomic E-state index is 12.3. The lowest BCUT2D eigenvalue weighted by Gasteiger charge is -2.16. The largest absolute Gasteiger partial charge is 0.452 e. The van der Waals surface area contributed by atoms with Gasteiger partial charge in [0.25, 0.3) is 5.91 Å². The molecule has 3 rings (SSSR count). The second kappa shape index (κ2) is 11.1. The van der Waals surface area contributed by atoms with Crippen LogP contribution in [0.1, 0.15) is 48.3 Å². The molecule has 0 saturated heterocycles. The summed E-state index contributed by atoms with van der Waals surface area (Å²) >= 11 is 0. The quantitative estimate of drug-likeness (QED) is 0.453. The molecule has 0 fully saturated rings. The van der Waals surface area contributed by atoms with E-state index in [4.69, 9.17) is 4.74 Å². The molecule has 0 spiro atoms. The highest BCUT2D eigenvalue weighted by atomic mass is 16.5. The Hall–Kier alpha value is -3.87. The van der Waals surface area contributed by atoms with Gasteiger partial charge in [-0.2, -0.15) is 0 Å². The summed E-state index contributed by atoms with van der Waals surface area (Å²) < 4.78 is 5.17. The van der Waals surface area contributed by atoms with E-state index in [9.17, 15) is 14.4 Å². The molecule has 0 saturated carbocycles. The van der Waals surface area contributed by atoms with E-state index in [1.807, 2.05) is 63.2 Å². The predicted molar refractivity (Wildman–Crippen MR) is 128 cm³/mol. The van der Waals surface area contributed by atoms with E-state index in [2.05, 4.69) is 16.0 Å². The van der Waals surface area contributed by atoms with Crippen LogP contribution in [0.5, 0.6) is 0 Å². The number of benzene rings is 3. The van der Waals surface area contributed by atoms with Crippen LogP contribution in [0.3, 0.4) is 0 Å². The van der Waals surface area contributed by atoms with Gasteiger partial charge in [-0.1, -0.05) is 54.6 Å². The van der Waals surface area contributed by atoms with Gasteiger partial charge in [0, 0.05) is 12.6 Å². The molecule has 3 aromatic rings. The first kappa shape index (κ1) is 23.8. The fourth-order valence-corrected chi connectivity index (χ4v) is 3.46. The van der Waals surface area contributed by atoms with Crippen molar-refractivity contribution in [3.63, 3.8) is 0 Å². The zero-order valence-electron chi connectivity index (χ0n) is 19.1. The number of ether oxygens (including phenoxy) is 1. The zero-order chi connectivity index (χ0) is 23.8. The number of amides is 3. The van der Waals surface area contributed by atoms with Gasteiger partial charge in [0.05, 0.1) is 11.6 Å². The van der Waals surface area contributed by atoms with Crippen molar-refractivity contribution in [3.05, 3.63) is 83.4 Å². The Morgan fingerprint density at radius 3 is 2.27 bits per heavy atom. The van der Waals surface area contributed by atoms with Crippen LogP contribution in [0.25, 0.3) is 10.8 Å². The van der Waals surface area contributed by atoms with Crippen LogP contribution in [0, 0.1) is 0 Å². The lowest BCUT2D eigenvalue weighted by atomic mass is 10.00. The summed E-state index contributed by atoms with van der Waals surface area (Å²) in [4.78, 5) is 36.3. The summed E-state index contributed by atoms with van der Waals surface area (Å²) in [7, 11) is 0. The smallest absolute Gasteiger partial charge is 0.338 e. The minimum absolute atomic E-state index is 0.0503. The summed E-state index contributed by atoms with van der Waals surface area (Å²) in [6.07, 6.45) is 0. The van der Waals surface area contributed by atoms with Gasteiger partial charge in [0.15, 0.2) is 6.61 Å². The predicted octanol–water partition coefficient (Wildman–Crippen LogP) is 4.08. The Balaban J connectivity index is 1.49. The van der Waals surface area contributed by atoms with Crippen molar-refractivity contribution in [2.45, 2.75) is 39.4 Å². The van der Waals surface area contributed by atoms with Gasteiger partial charge in [-0.25, -0.2) is 9.59 Å². The van der Waals surface area contributed by atoms with Crippen molar-refractivity contribution in [1.29, 1.82) is 0 Å². The number of urea groups is 1. The Kier molecular flexibility index (Phi) is 8.02. The Morgan fingerprint density at radius 1 is 0.848 bits per heavy atom. The lowest BCUT2D eigenvalue weighted by Crippen LogP contribution is -2.39. The number of esters is 1. The molecule has 0 aromatic heterocycles. The normalized spacial score (nSPS) is 11.6. The number of hydrogen-bond acceptors (Lipinski definition) is 4. The highest BCUT2D eigenvalue weighted by Gasteiger charge is 2.15. The molecule has 0 aliphatic heterocycles. The molecule has 1 unspecified atom stereocenters. The van der Waals surface area contributed by atoms with E-state index in [1.54, 1.807) is 24.3 Å². The maximum Gasteiger partial charge on any atom is 0.338 e. The van der Waals surface area contributed by atoms with Crippen molar-refractivity contribution >= 4 is 28.7 Å².